The monoisotopic (exact) mass is 344 g/mol. The third-order valence-corrected chi connectivity index (χ3v) is 3.30. The Bertz CT molecular complexity index is 647. The molecule has 0 aliphatic rings. The van der Waals surface area contributed by atoms with E-state index in [1.807, 2.05) is 75.4 Å². The van der Waals surface area contributed by atoms with Crippen LogP contribution in [0.15, 0.2) is 54.6 Å². The van der Waals surface area contributed by atoms with Gasteiger partial charge in [-0.05, 0) is 57.3 Å². The molecule has 0 aromatic heterocycles. The number of nitrogens with one attached hydrogen (secondary N) is 2. The number of benzene rings is 2. The molecule has 0 aliphatic heterocycles. The average molecular weight is 344 g/mol. The van der Waals surface area contributed by atoms with Gasteiger partial charge >= 0.3 is 0 Å². The van der Waals surface area contributed by atoms with E-state index >= 15 is 0 Å². The highest BCUT2D eigenvalue weighted by atomic mass is 32.1. The fourth-order valence-corrected chi connectivity index (χ4v) is 2.41. The molecular weight excluding hydrogens is 320 g/mol. The van der Waals surface area contributed by atoms with E-state index in [-0.39, 0.29) is 12.1 Å². The minimum Gasteiger partial charge on any atom is -0.491 e. The van der Waals surface area contributed by atoms with Crippen molar-refractivity contribution in [2.45, 2.75) is 32.9 Å². The maximum Gasteiger partial charge on any atom is 0.171 e. The first kappa shape index (κ1) is 18.1. The summed E-state index contributed by atoms with van der Waals surface area (Å²) in [5.41, 5.74) is 0.891. The van der Waals surface area contributed by atoms with E-state index in [1.165, 1.54) is 0 Å². The minimum atomic E-state index is 0.0836. The summed E-state index contributed by atoms with van der Waals surface area (Å²) in [5.74, 6) is 1.67. The number of thiocarbonyl (C=S) groups is 1. The molecule has 0 amide bonds. The van der Waals surface area contributed by atoms with Crippen molar-refractivity contribution in [1.82, 2.24) is 5.32 Å². The van der Waals surface area contributed by atoms with Gasteiger partial charge in [-0.2, -0.15) is 0 Å². The van der Waals surface area contributed by atoms with E-state index in [2.05, 4.69) is 10.6 Å². The summed E-state index contributed by atoms with van der Waals surface area (Å²) in [6.45, 7) is 6.55. The summed E-state index contributed by atoms with van der Waals surface area (Å²) in [4.78, 5) is 0. The normalized spacial score (nSPS) is 11.7. The van der Waals surface area contributed by atoms with Gasteiger partial charge < -0.3 is 20.1 Å². The number of para-hydroxylation sites is 1. The smallest absolute Gasteiger partial charge is 0.171 e. The lowest BCUT2D eigenvalue weighted by Crippen LogP contribution is -2.39. The van der Waals surface area contributed by atoms with Crippen LogP contribution in [-0.4, -0.2) is 23.9 Å². The molecule has 0 fully saturated rings. The van der Waals surface area contributed by atoms with Crippen LogP contribution in [0.5, 0.6) is 11.5 Å². The summed E-state index contributed by atoms with van der Waals surface area (Å²) >= 11 is 5.36. The molecule has 1 unspecified atom stereocenters. The summed E-state index contributed by atoms with van der Waals surface area (Å²) in [6, 6.07) is 17.6. The van der Waals surface area contributed by atoms with Gasteiger partial charge in [-0.3, -0.25) is 0 Å². The number of hydrogen-bond acceptors (Lipinski definition) is 3. The van der Waals surface area contributed by atoms with Crippen molar-refractivity contribution in [3.63, 3.8) is 0 Å². The first-order valence-corrected chi connectivity index (χ1v) is 8.46. The van der Waals surface area contributed by atoms with Crippen molar-refractivity contribution in [3.05, 3.63) is 54.6 Å². The standard InChI is InChI=1S/C19H24N2O2S/c1-14(2)23-18-11-7-8-16(12-18)21-19(24)20-15(3)13-22-17-9-5-4-6-10-17/h4-12,14-15H,13H2,1-3H3,(H2,20,21,24). The van der Waals surface area contributed by atoms with Gasteiger partial charge in [0.05, 0.1) is 12.1 Å². The predicted octanol–water partition coefficient (Wildman–Crippen LogP) is 4.23. The van der Waals surface area contributed by atoms with Crippen molar-refractivity contribution in [3.8, 4) is 11.5 Å². The van der Waals surface area contributed by atoms with Crippen LogP contribution < -0.4 is 20.1 Å². The van der Waals surface area contributed by atoms with Crippen LogP contribution >= 0.6 is 12.2 Å². The zero-order valence-corrected chi connectivity index (χ0v) is 15.1. The Balaban J connectivity index is 1.80. The summed E-state index contributed by atoms with van der Waals surface area (Å²) < 4.78 is 11.4. The molecule has 0 bridgehead atoms. The van der Waals surface area contributed by atoms with E-state index in [0.717, 1.165) is 17.2 Å². The summed E-state index contributed by atoms with van der Waals surface area (Å²) in [5, 5.41) is 6.94. The predicted molar refractivity (Wildman–Crippen MR) is 103 cm³/mol. The largest absolute Gasteiger partial charge is 0.491 e. The number of rotatable bonds is 7. The van der Waals surface area contributed by atoms with Gasteiger partial charge in [0.2, 0.25) is 0 Å². The van der Waals surface area contributed by atoms with E-state index in [1.54, 1.807) is 0 Å². The first-order chi connectivity index (χ1) is 11.5. The molecule has 0 radical (unpaired) electrons. The quantitative estimate of drug-likeness (QED) is 0.736. The third-order valence-electron chi connectivity index (χ3n) is 3.08. The molecule has 2 aromatic carbocycles. The summed E-state index contributed by atoms with van der Waals surface area (Å²) in [7, 11) is 0. The maximum atomic E-state index is 5.71. The zero-order chi connectivity index (χ0) is 17.4. The van der Waals surface area contributed by atoms with Gasteiger partial charge in [0.25, 0.3) is 0 Å². The third kappa shape index (κ3) is 6.46. The molecule has 2 aromatic rings. The maximum absolute atomic E-state index is 5.71. The van der Waals surface area contributed by atoms with Gasteiger partial charge in [0, 0.05) is 11.8 Å². The Kier molecular flexibility index (Phi) is 6.88. The Morgan fingerprint density at radius 2 is 1.71 bits per heavy atom. The van der Waals surface area contributed by atoms with E-state index in [9.17, 15) is 0 Å². The minimum absolute atomic E-state index is 0.0836. The number of anilines is 1. The topological polar surface area (TPSA) is 42.5 Å². The van der Waals surface area contributed by atoms with E-state index in [4.69, 9.17) is 21.7 Å². The second kappa shape index (κ2) is 9.13. The molecule has 5 heteroatoms. The van der Waals surface area contributed by atoms with Gasteiger partial charge in [-0.1, -0.05) is 24.3 Å². The summed E-state index contributed by atoms with van der Waals surface area (Å²) in [6.07, 6.45) is 0.139. The second-order valence-corrected chi connectivity index (χ2v) is 6.23. The van der Waals surface area contributed by atoms with Gasteiger partial charge in [0.15, 0.2) is 5.11 Å². The lowest BCUT2D eigenvalue weighted by molar-refractivity contribution is 0.242. The molecule has 0 heterocycles. The molecule has 4 nitrogen and oxygen atoms in total. The SMILES string of the molecule is CC(COc1ccccc1)NC(=S)Nc1cccc(OC(C)C)c1. The van der Waals surface area contributed by atoms with Crippen LogP contribution in [0, 0.1) is 0 Å². The van der Waals surface area contributed by atoms with Crippen molar-refractivity contribution >= 4 is 23.0 Å². The molecule has 0 aliphatic carbocycles. The Hall–Kier alpha value is -2.27. The Morgan fingerprint density at radius 3 is 2.42 bits per heavy atom. The average Bonchev–Trinajstić information content (AvgIpc) is 2.53. The number of ether oxygens (including phenoxy) is 2. The van der Waals surface area contributed by atoms with Crippen LogP contribution in [-0.2, 0) is 0 Å². The molecule has 24 heavy (non-hydrogen) atoms. The molecule has 0 spiro atoms. The first-order valence-electron chi connectivity index (χ1n) is 8.05. The van der Waals surface area contributed by atoms with Crippen LogP contribution in [0.2, 0.25) is 0 Å². The Morgan fingerprint density at radius 1 is 1.00 bits per heavy atom. The lowest BCUT2D eigenvalue weighted by atomic mass is 10.3. The van der Waals surface area contributed by atoms with Crippen LogP contribution in [0.3, 0.4) is 0 Å². The molecule has 2 rings (SSSR count). The second-order valence-electron chi connectivity index (χ2n) is 5.82. The van der Waals surface area contributed by atoms with Crippen LogP contribution in [0.4, 0.5) is 5.69 Å². The number of hydrogen-bond donors (Lipinski definition) is 2. The zero-order valence-electron chi connectivity index (χ0n) is 14.3. The van der Waals surface area contributed by atoms with E-state index < -0.39 is 0 Å². The highest BCUT2D eigenvalue weighted by Crippen LogP contribution is 2.18. The van der Waals surface area contributed by atoms with Crippen molar-refractivity contribution in [2.24, 2.45) is 0 Å². The Labute approximate surface area is 149 Å². The molecule has 2 N–H and O–H groups in total. The van der Waals surface area contributed by atoms with E-state index in [0.29, 0.717) is 11.7 Å². The highest BCUT2D eigenvalue weighted by molar-refractivity contribution is 7.80. The van der Waals surface area contributed by atoms with Crippen molar-refractivity contribution in [2.75, 3.05) is 11.9 Å². The fourth-order valence-electron chi connectivity index (χ4n) is 2.09. The molecule has 1 atom stereocenters. The van der Waals surface area contributed by atoms with Crippen molar-refractivity contribution in [1.29, 1.82) is 0 Å². The van der Waals surface area contributed by atoms with Gasteiger partial charge in [0.1, 0.15) is 18.1 Å². The lowest BCUT2D eigenvalue weighted by Gasteiger charge is -2.18. The van der Waals surface area contributed by atoms with Crippen molar-refractivity contribution < 1.29 is 9.47 Å². The molecule has 0 saturated carbocycles. The molecular formula is C19H24N2O2S. The van der Waals surface area contributed by atoms with Crippen LogP contribution in [0.25, 0.3) is 0 Å². The van der Waals surface area contributed by atoms with Gasteiger partial charge in [-0.15, -0.1) is 0 Å². The highest BCUT2D eigenvalue weighted by Gasteiger charge is 2.06. The molecule has 0 saturated heterocycles. The van der Waals surface area contributed by atoms with Crippen LogP contribution in [0.1, 0.15) is 20.8 Å². The fraction of sp³-hybridized carbons (Fsp3) is 0.316. The molecule has 128 valence electrons. The van der Waals surface area contributed by atoms with Gasteiger partial charge in [-0.25, -0.2) is 0 Å².